The smallest absolute Gasteiger partial charge is 0.243 e. The van der Waals surface area contributed by atoms with Crippen molar-refractivity contribution in [2.24, 2.45) is 0 Å². The highest BCUT2D eigenvalue weighted by Crippen LogP contribution is 2.41. The van der Waals surface area contributed by atoms with Gasteiger partial charge >= 0.3 is 0 Å². The maximum Gasteiger partial charge on any atom is 0.243 e. The van der Waals surface area contributed by atoms with Crippen molar-refractivity contribution < 1.29 is 19.5 Å². The second-order valence-electron chi connectivity index (χ2n) is 7.66. The Morgan fingerprint density at radius 1 is 1.18 bits per heavy atom. The summed E-state index contributed by atoms with van der Waals surface area (Å²) in [6, 6.07) is 3.93. The number of hydrogen-bond donors (Lipinski definition) is 4. The van der Waals surface area contributed by atoms with Crippen molar-refractivity contribution in [1.82, 2.24) is 30.3 Å². The van der Waals surface area contributed by atoms with Gasteiger partial charge in [0.2, 0.25) is 12.7 Å². The Hall–Kier alpha value is -2.36. The van der Waals surface area contributed by atoms with Gasteiger partial charge in [-0.05, 0) is 54.1 Å². The van der Waals surface area contributed by atoms with Crippen LogP contribution in [0.5, 0.6) is 11.5 Å². The number of carbonyl (C=O) groups excluding carboxylic acids is 1. The molecule has 5 N–H and O–H groups in total. The van der Waals surface area contributed by atoms with Crippen LogP contribution in [0.1, 0.15) is 32.1 Å². The summed E-state index contributed by atoms with van der Waals surface area (Å²) in [4.78, 5) is 25.3. The fourth-order valence-electron chi connectivity index (χ4n) is 3.55. The number of fused-ring (bicyclic) bond motifs is 2. The Morgan fingerprint density at radius 3 is 2.79 bits per heavy atom. The van der Waals surface area contributed by atoms with E-state index in [2.05, 4.69) is 42.4 Å². The first kappa shape index (κ1) is 24.8. The highest BCUT2D eigenvalue weighted by Gasteiger charge is 2.20. The highest BCUT2D eigenvalue weighted by atomic mass is 127. The fourth-order valence-corrected chi connectivity index (χ4v) is 5.26. The number of hydrogen-bond acceptors (Lipinski definition) is 10. The van der Waals surface area contributed by atoms with Crippen LogP contribution in [-0.4, -0.2) is 50.5 Å². The van der Waals surface area contributed by atoms with Gasteiger partial charge in [0.25, 0.3) is 0 Å². The summed E-state index contributed by atoms with van der Waals surface area (Å²) >= 11 is 3.81. The zero-order valence-electron chi connectivity index (χ0n) is 18.4. The number of amides is 1. The van der Waals surface area contributed by atoms with E-state index in [0.29, 0.717) is 29.9 Å². The molecule has 182 valence electrons. The van der Waals surface area contributed by atoms with Gasteiger partial charge in [0.05, 0.1) is 0 Å². The van der Waals surface area contributed by atoms with Crippen LogP contribution < -0.4 is 26.0 Å². The number of unbranched alkanes of at least 4 members (excludes halogenated alkanes) is 3. The predicted octanol–water partition coefficient (Wildman–Crippen LogP) is 2.94. The van der Waals surface area contributed by atoms with Gasteiger partial charge in [0.1, 0.15) is 6.33 Å². The Balaban J connectivity index is 1.37. The minimum atomic E-state index is -0.334. The second-order valence-corrected chi connectivity index (χ2v) is 9.84. The Morgan fingerprint density at radius 2 is 1.97 bits per heavy atom. The van der Waals surface area contributed by atoms with E-state index in [-0.39, 0.29) is 12.7 Å². The standard InChI is InChI=1S/C21H26IN7O4S/c22-13-9-14-15(33-12-32-14)10-16(13)34-21-27-18-19(23)25-11-26-20(18)29(21)8-7-24-6-4-2-1-3-5-17(30)28-31/h9-11,24,31H,1-8,12H2,(H,28,30)(H2,23,25,26). The van der Waals surface area contributed by atoms with Crippen molar-refractivity contribution in [2.45, 2.75) is 48.7 Å². The fraction of sp³-hybridized carbons (Fsp3) is 0.429. The third kappa shape index (κ3) is 6.00. The predicted molar refractivity (Wildman–Crippen MR) is 135 cm³/mol. The van der Waals surface area contributed by atoms with E-state index in [1.165, 1.54) is 18.1 Å². The lowest BCUT2D eigenvalue weighted by Crippen LogP contribution is -2.21. The lowest BCUT2D eigenvalue weighted by molar-refractivity contribution is -0.129. The number of halogens is 1. The van der Waals surface area contributed by atoms with E-state index >= 15 is 0 Å². The second kappa shape index (κ2) is 11.9. The van der Waals surface area contributed by atoms with Crippen molar-refractivity contribution in [3.8, 4) is 11.5 Å². The molecular weight excluding hydrogens is 573 g/mol. The van der Waals surface area contributed by atoms with Crippen LogP contribution in [0.3, 0.4) is 0 Å². The molecule has 0 saturated carbocycles. The monoisotopic (exact) mass is 599 g/mol. The van der Waals surface area contributed by atoms with Crippen molar-refractivity contribution >= 4 is 57.2 Å². The Bertz CT molecular complexity index is 1160. The van der Waals surface area contributed by atoms with Gasteiger partial charge in [-0.2, -0.15) is 0 Å². The van der Waals surface area contributed by atoms with Crippen LogP contribution in [0, 0.1) is 3.57 Å². The Labute approximate surface area is 214 Å². The number of hydroxylamine groups is 1. The van der Waals surface area contributed by atoms with Gasteiger partial charge in [-0.3, -0.25) is 10.0 Å². The van der Waals surface area contributed by atoms with Crippen LogP contribution in [0.15, 0.2) is 28.5 Å². The molecule has 1 amide bonds. The molecule has 0 aliphatic carbocycles. The summed E-state index contributed by atoms with van der Waals surface area (Å²) < 4.78 is 14.1. The van der Waals surface area contributed by atoms with Crippen molar-refractivity contribution in [2.75, 3.05) is 25.6 Å². The minimum Gasteiger partial charge on any atom is -0.454 e. The van der Waals surface area contributed by atoms with Crippen molar-refractivity contribution in [3.05, 3.63) is 22.0 Å². The molecule has 4 rings (SSSR count). The van der Waals surface area contributed by atoms with E-state index in [1.807, 2.05) is 12.1 Å². The van der Waals surface area contributed by atoms with Crippen LogP contribution >= 0.6 is 34.4 Å². The first-order chi connectivity index (χ1) is 16.6. The van der Waals surface area contributed by atoms with Gasteiger partial charge in [0, 0.05) is 28.0 Å². The summed E-state index contributed by atoms with van der Waals surface area (Å²) in [6.45, 7) is 2.52. The maximum absolute atomic E-state index is 11.0. The molecule has 34 heavy (non-hydrogen) atoms. The molecule has 0 saturated heterocycles. The molecule has 13 heteroatoms. The molecule has 3 aromatic rings. The number of nitrogen functional groups attached to an aromatic ring is 1. The number of nitrogens with one attached hydrogen (secondary N) is 2. The van der Waals surface area contributed by atoms with Gasteiger partial charge < -0.3 is 25.1 Å². The number of nitrogens with two attached hydrogens (primary N) is 1. The van der Waals surface area contributed by atoms with E-state index in [9.17, 15) is 4.79 Å². The lowest BCUT2D eigenvalue weighted by atomic mass is 10.1. The zero-order chi connectivity index (χ0) is 23.9. The van der Waals surface area contributed by atoms with E-state index in [4.69, 9.17) is 25.4 Å². The summed E-state index contributed by atoms with van der Waals surface area (Å²) in [5, 5.41) is 12.7. The summed E-state index contributed by atoms with van der Waals surface area (Å²) in [5.41, 5.74) is 9.02. The SMILES string of the molecule is Nc1ncnc2c1nc(Sc1cc3c(cc1I)OCO3)n2CCNCCCCCCC(=O)NO. The molecule has 0 atom stereocenters. The van der Waals surface area contributed by atoms with E-state index in [0.717, 1.165) is 63.9 Å². The molecule has 1 aliphatic heterocycles. The molecule has 1 aromatic carbocycles. The quantitative estimate of drug-likeness (QED) is 0.106. The number of benzene rings is 1. The molecule has 0 unspecified atom stereocenters. The number of ether oxygens (including phenoxy) is 2. The molecule has 0 radical (unpaired) electrons. The Kier molecular flexibility index (Phi) is 8.64. The molecule has 11 nitrogen and oxygen atoms in total. The third-order valence-electron chi connectivity index (χ3n) is 5.30. The molecule has 2 aromatic heterocycles. The van der Waals surface area contributed by atoms with Gasteiger partial charge in [-0.1, -0.05) is 24.6 Å². The number of carbonyl (C=O) groups is 1. The van der Waals surface area contributed by atoms with E-state index < -0.39 is 0 Å². The average Bonchev–Trinajstić information content (AvgIpc) is 3.42. The van der Waals surface area contributed by atoms with Crippen LogP contribution in [-0.2, 0) is 11.3 Å². The highest BCUT2D eigenvalue weighted by molar-refractivity contribution is 14.1. The normalized spacial score (nSPS) is 12.4. The zero-order valence-corrected chi connectivity index (χ0v) is 21.4. The molecule has 0 spiro atoms. The number of imidazole rings is 1. The van der Waals surface area contributed by atoms with Gasteiger partial charge in [-0.25, -0.2) is 20.4 Å². The lowest BCUT2D eigenvalue weighted by Gasteiger charge is -2.11. The summed E-state index contributed by atoms with van der Waals surface area (Å²) in [6.07, 6.45) is 5.56. The van der Waals surface area contributed by atoms with E-state index in [1.54, 1.807) is 5.48 Å². The van der Waals surface area contributed by atoms with Crippen molar-refractivity contribution in [1.29, 1.82) is 0 Å². The molecule has 0 bridgehead atoms. The van der Waals surface area contributed by atoms with Crippen LogP contribution in [0.25, 0.3) is 11.2 Å². The first-order valence-corrected chi connectivity index (χ1v) is 12.8. The number of nitrogens with zero attached hydrogens (tertiary/aromatic N) is 4. The van der Waals surface area contributed by atoms with Gasteiger partial charge in [0.15, 0.2) is 33.6 Å². The number of aromatic nitrogens is 4. The third-order valence-corrected chi connectivity index (χ3v) is 7.61. The molecule has 1 aliphatic rings. The number of anilines is 1. The van der Waals surface area contributed by atoms with Crippen LogP contribution in [0.2, 0.25) is 0 Å². The molecule has 0 fully saturated rings. The molecular formula is C21H26IN7O4S. The first-order valence-electron chi connectivity index (χ1n) is 10.9. The average molecular weight is 599 g/mol. The topological polar surface area (TPSA) is 149 Å². The maximum atomic E-state index is 11.0. The largest absolute Gasteiger partial charge is 0.454 e. The van der Waals surface area contributed by atoms with Crippen LogP contribution in [0.4, 0.5) is 5.82 Å². The minimum absolute atomic E-state index is 0.230. The molecule has 3 heterocycles. The van der Waals surface area contributed by atoms with Gasteiger partial charge in [-0.15, -0.1) is 0 Å². The number of rotatable bonds is 12. The summed E-state index contributed by atoms with van der Waals surface area (Å²) in [5.74, 6) is 1.50. The van der Waals surface area contributed by atoms with Crippen molar-refractivity contribution in [3.63, 3.8) is 0 Å². The summed E-state index contributed by atoms with van der Waals surface area (Å²) in [7, 11) is 0.